The van der Waals surface area contributed by atoms with Crippen LogP contribution in [0.25, 0.3) is 0 Å². The van der Waals surface area contributed by atoms with Crippen molar-refractivity contribution >= 4 is 46.3 Å². The average Bonchev–Trinajstić information content (AvgIpc) is 3.66. The highest BCUT2D eigenvalue weighted by atomic mass is 32.1. The molecule has 0 bridgehead atoms. The molecule has 0 radical (unpaired) electrons. The molecule has 2 rings (SSSR count). The van der Waals surface area contributed by atoms with Gasteiger partial charge in [-0.2, -0.15) is 0 Å². The van der Waals surface area contributed by atoms with E-state index in [1.54, 1.807) is 57.5 Å². The van der Waals surface area contributed by atoms with Crippen molar-refractivity contribution in [2.24, 2.45) is 17.6 Å². The molecule has 11 nitrogen and oxygen atoms in total. The van der Waals surface area contributed by atoms with E-state index in [0.29, 0.717) is 18.1 Å². The maximum absolute atomic E-state index is 13.8. The SMILES string of the molecule is CCC(C)C(C(CC(=O)N1CCCC1C(OC)C(C)C(=S)NCc1nccs1)OC)N(C)C(=O)CNC(=O)C(C)(C)N. The van der Waals surface area contributed by atoms with Crippen LogP contribution in [0.1, 0.15) is 65.3 Å². The fraction of sp³-hybridized carbons (Fsp3) is 0.759. The van der Waals surface area contributed by atoms with Gasteiger partial charge in [0, 0.05) is 45.3 Å². The van der Waals surface area contributed by atoms with Crippen LogP contribution in [0.4, 0.5) is 0 Å². The molecule has 0 aromatic carbocycles. The number of methoxy groups -OCH3 is 2. The second kappa shape index (κ2) is 16.6. The molecule has 2 heterocycles. The minimum atomic E-state index is -1.10. The van der Waals surface area contributed by atoms with E-state index >= 15 is 0 Å². The second-order valence-corrected chi connectivity index (χ2v) is 13.1. The van der Waals surface area contributed by atoms with E-state index in [1.165, 1.54) is 0 Å². The Labute approximate surface area is 260 Å². The smallest absolute Gasteiger partial charge is 0.242 e. The summed E-state index contributed by atoms with van der Waals surface area (Å²) in [4.78, 5) is 47.6. The van der Waals surface area contributed by atoms with Crippen LogP contribution in [0.15, 0.2) is 11.6 Å². The predicted molar refractivity (Wildman–Crippen MR) is 169 cm³/mol. The number of hydrogen-bond donors (Lipinski definition) is 3. The lowest BCUT2D eigenvalue weighted by Gasteiger charge is -2.39. The molecule has 1 fully saturated rings. The van der Waals surface area contributed by atoms with Crippen LogP contribution < -0.4 is 16.4 Å². The minimum absolute atomic E-state index is 0.0424. The summed E-state index contributed by atoms with van der Waals surface area (Å²) in [5, 5.41) is 8.79. The summed E-state index contributed by atoms with van der Waals surface area (Å²) in [7, 11) is 4.92. The van der Waals surface area contributed by atoms with E-state index < -0.39 is 17.6 Å². The molecule has 1 aliphatic rings. The highest BCUT2D eigenvalue weighted by Gasteiger charge is 2.41. The molecule has 238 valence electrons. The third kappa shape index (κ3) is 9.66. The molecule has 1 saturated heterocycles. The molecule has 1 aliphatic heterocycles. The molecule has 4 N–H and O–H groups in total. The van der Waals surface area contributed by atoms with E-state index in [9.17, 15) is 14.4 Å². The van der Waals surface area contributed by atoms with Crippen molar-refractivity contribution < 1.29 is 23.9 Å². The monoisotopic (exact) mass is 626 g/mol. The number of likely N-dealkylation sites (N-methyl/N-ethyl adjacent to an activating group) is 1. The van der Waals surface area contributed by atoms with Gasteiger partial charge in [-0.1, -0.05) is 39.4 Å². The Hall–Kier alpha value is -2.19. The maximum atomic E-state index is 13.8. The van der Waals surface area contributed by atoms with Crippen molar-refractivity contribution in [3.63, 3.8) is 0 Å². The molecular formula is C29H50N6O5S2. The Bertz CT molecular complexity index is 1030. The normalized spacial score (nSPS) is 19.0. The Morgan fingerprint density at radius 3 is 2.50 bits per heavy atom. The van der Waals surface area contributed by atoms with Gasteiger partial charge in [-0.05, 0) is 32.6 Å². The zero-order chi connectivity index (χ0) is 31.6. The van der Waals surface area contributed by atoms with Crippen molar-refractivity contribution in [2.75, 3.05) is 34.4 Å². The quantitative estimate of drug-likeness (QED) is 0.236. The van der Waals surface area contributed by atoms with Crippen molar-refractivity contribution in [2.45, 2.75) is 96.7 Å². The summed E-state index contributed by atoms with van der Waals surface area (Å²) in [6.07, 6.45) is 3.51. The fourth-order valence-electron chi connectivity index (χ4n) is 5.50. The van der Waals surface area contributed by atoms with Gasteiger partial charge in [0.2, 0.25) is 17.7 Å². The van der Waals surface area contributed by atoms with Gasteiger partial charge in [0.05, 0.1) is 54.3 Å². The summed E-state index contributed by atoms with van der Waals surface area (Å²) in [5.41, 5.74) is 4.75. The van der Waals surface area contributed by atoms with E-state index in [1.807, 2.05) is 31.1 Å². The van der Waals surface area contributed by atoms with Gasteiger partial charge in [-0.25, -0.2) is 4.98 Å². The van der Waals surface area contributed by atoms with E-state index in [0.717, 1.165) is 24.3 Å². The van der Waals surface area contributed by atoms with Gasteiger partial charge in [0.25, 0.3) is 0 Å². The molecule has 0 aliphatic carbocycles. The molecule has 1 aromatic heterocycles. The van der Waals surface area contributed by atoms with Gasteiger partial charge >= 0.3 is 0 Å². The molecule has 3 amide bonds. The lowest BCUT2D eigenvalue weighted by atomic mass is 9.90. The number of rotatable bonds is 16. The van der Waals surface area contributed by atoms with Gasteiger partial charge < -0.3 is 35.6 Å². The average molecular weight is 627 g/mol. The van der Waals surface area contributed by atoms with E-state index in [-0.39, 0.29) is 54.8 Å². The van der Waals surface area contributed by atoms with Crippen LogP contribution in [0.5, 0.6) is 0 Å². The van der Waals surface area contributed by atoms with Crippen LogP contribution in [0, 0.1) is 11.8 Å². The van der Waals surface area contributed by atoms with Gasteiger partial charge in [-0.3, -0.25) is 14.4 Å². The Morgan fingerprint density at radius 2 is 1.95 bits per heavy atom. The summed E-state index contributed by atoms with van der Waals surface area (Å²) < 4.78 is 11.8. The minimum Gasteiger partial charge on any atom is -0.379 e. The molecule has 0 saturated carbocycles. The number of thiazole rings is 1. The Morgan fingerprint density at radius 1 is 1.26 bits per heavy atom. The van der Waals surface area contributed by atoms with Crippen LogP contribution in [0.3, 0.4) is 0 Å². The van der Waals surface area contributed by atoms with Crippen molar-refractivity contribution in [1.82, 2.24) is 25.4 Å². The third-order valence-corrected chi connectivity index (χ3v) is 9.48. The van der Waals surface area contributed by atoms with Gasteiger partial charge in [-0.15, -0.1) is 11.3 Å². The first-order chi connectivity index (χ1) is 19.8. The fourth-order valence-corrected chi connectivity index (χ4v) is 6.26. The largest absolute Gasteiger partial charge is 0.379 e. The van der Waals surface area contributed by atoms with Gasteiger partial charge in [0.1, 0.15) is 5.01 Å². The first-order valence-electron chi connectivity index (χ1n) is 14.6. The molecule has 42 heavy (non-hydrogen) atoms. The van der Waals surface area contributed by atoms with Crippen LogP contribution in [0.2, 0.25) is 0 Å². The summed E-state index contributed by atoms with van der Waals surface area (Å²) in [6.45, 7) is 10.2. The molecule has 0 spiro atoms. The van der Waals surface area contributed by atoms with Crippen LogP contribution >= 0.6 is 23.6 Å². The molecule has 1 aromatic rings. The van der Waals surface area contributed by atoms with Crippen LogP contribution in [-0.4, -0.2) is 102 Å². The highest BCUT2D eigenvalue weighted by molar-refractivity contribution is 7.80. The third-order valence-electron chi connectivity index (χ3n) is 8.19. The number of aromatic nitrogens is 1. The second-order valence-electron chi connectivity index (χ2n) is 11.7. The Kier molecular flexibility index (Phi) is 14.2. The first kappa shape index (κ1) is 36.0. The number of ether oxygens (including phenoxy) is 2. The number of carbonyl (C=O) groups is 3. The van der Waals surface area contributed by atoms with E-state index in [2.05, 4.69) is 15.6 Å². The number of nitrogens with zero attached hydrogens (tertiary/aromatic N) is 3. The predicted octanol–water partition coefficient (Wildman–Crippen LogP) is 2.33. The topological polar surface area (TPSA) is 139 Å². The number of hydrogen-bond acceptors (Lipinski definition) is 9. The van der Waals surface area contributed by atoms with Crippen LogP contribution in [-0.2, 0) is 30.4 Å². The number of carbonyl (C=O) groups excluding carboxylic acids is 3. The molecule has 13 heteroatoms. The zero-order valence-electron chi connectivity index (χ0n) is 26.3. The number of nitrogens with one attached hydrogen (secondary N) is 2. The Balaban J connectivity index is 2.12. The lowest BCUT2D eigenvalue weighted by Crippen LogP contribution is -2.55. The molecule has 6 unspecified atom stereocenters. The standard InChI is InChI=1S/C29H50N6O5S2/c1-9-18(2)25(34(6)24(37)17-33-28(38)29(4,5)30)21(39-7)15-23(36)35-13-10-11-20(35)26(40-8)19(3)27(41)32-16-22-31-12-14-42-22/h12,14,18-21,25-26H,9-11,13,15-17,30H2,1-8H3,(H,32,41)(H,33,38). The summed E-state index contributed by atoms with van der Waals surface area (Å²) in [6, 6.07) is -0.508. The lowest BCUT2D eigenvalue weighted by molar-refractivity contribution is -0.144. The number of thiocarbonyl (C=S) groups is 1. The highest BCUT2D eigenvalue weighted by Crippen LogP contribution is 2.29. The van der Waals surface area contributed by atoms with Crippen molar-refractivity contribution in [1.29, 1.82) is 0 Å². The first-order valence-corrected chi connectivity index (χ1v) is 15.9. The van der Waals surface area contributed by atoms with Crippen molar-refractivity contribution in [3.8, 4) is 0 Å². The zero-order valence-corrected chi connectivity index (χ0v) is 28.0. The number of amides is 3. The summed E-state index contributed by atoms with van der Waals surface area (Å²) >= 11 is 7.26. The number of likely N-dealkylation sites (tertiary alicyclic amines) is 1. The van der Waals surface area contributed by atoms with E-state index in [4.69, 9.17) is 27.4 Å². The van der Waals surface area contributed by atoms with Crippen molar-refractivity contribution in [3.05, 3.63) is 16.6 Å². The molecule has 6 atom stereocenters. The summed E-state index contributed by atoms with van der Waals surface area (Å²) in [5.74, 6) is -0.818. The molecular weight excluding hydrogens is 576 g/mol. The maximum Gasteiger partial charge on any atom is 0.242 e. The van der Waals surface area contributed by atoms with Gasteiger partial charge in [0.15, 0.2) is 0 Å². The number of nitrogens with two attached hydrogens (primary N) is 1.